The number of carbonyl (C=O) groups excluding carboxylic acids is 3. The van der Waals surface area contributed by atoms with Gasteiger partial charge in [-0.3, -0.25) is 19.3 Å². The van der Waals surface area contributed by atoms with Crippen LogP contribution in [-0.4, -0.2) is 59.5 Å². The lowest BCUT2D eigenvalue weighted by atomic mass is 9.95. The summed E-state index contributed by atoms with van der Waals surface area (Å²) < 4.78 is 5.61. The second kappa shape index (κ2) is 10.1. The van der Waals surface area contributed by atoms with Crippen LogP contribution in [0.2, 0.25) is 0 Å². The maximum atomic E-state index is 12.7. The molecule has 1 heterocycles. The van der Waals surface area contributed by atoms with Crippen LogP contribution < -0.4 is 10.6 Å². The molecule has 0 aliphatic carbocycles. The largest absolute Gasteiger partial charge is 0.459 e. The van der Waals surface area contributed by atoms with E-state index in [1.165, 1.54) is 13.8 Å². The molecule has 1 saturated heterocycles. The van der Waals surface area contributed by atoms with Gasteiger partial charge in [-0.1, -0.05) is 13.3 Å². The molecule has 0 spiro atoms. The summed E-state index contributed by atoms with van der Waals surface area (Å²) in [6, 6.07) is -0.440. The lowest BCUT2D eigenvalue weighted by molar-refractivity contribution is -0.160. The van der Waals surface area contributed by atoms with Gasteiger partial charge in [0.2, 0.25) is 11.8 Å². The molecule has 2 amide bonds. The van der Waals surface area contributed by atoms with E-state index in [-0.39, 0.29) is 41.8 Å². The minimum atomic E-state index is -0.554. The summed E-state index contributed by atoms with van der Waals surface area (Å²) in [6.45, 7) is 14.0. The Labute approximate surface area is 163 Å². The van der Waals surface area contributed by atoms with Gasteiger partial charge in [0.1, 0.15) is 11.6 Å². The number of amides is 2. The molecule has 0 bridgehead atoms. The van der Waals surface area contributed by atoms with E-state index < -0.39 is 5.60 Å². The van der Waals surface area contributed by atoms with Crippen molar-refractivity contribution in [2.24, 2.45) is 5.92 Å². The average molecular weight is 384 g/mol. The van der Waals surface area contributed by atoms with Crippen molar-refractivity contribution >= 4 is 17.8 Å². The molecule has 1 aliphatic rings. The number of nitrogens with zero attached hydrogens (tertiary/aromatic N) is 1. The molecule has 1 aliphatic heterocycles. The molecular formula is C20H37N3O4. The van der Waals surface area contributed by atoms with Gasteiger partial charge in [-0.15, -0.1) is 0 Å². The summed E-state index contributed by atoms with van der Waals surface area (Å²) in [4.78, 5) is 37.8. The predicted octanol–water partition coefficient (Wildman–Crippen LogP) is 1.85. The monoisotopic (exact) mass is 383 g/mol. The van der Waals surface area contributed by atoms with Crippen LogP contribution in [0.1, 0.15) is 67.7 Å². The summed E-state index contributed by atoms with van der Waals surface area (Å²) >= 11 is 0. The summed E-state index contributed by atoms with van der Waals surface area (Å²) in [5.74, 6) is -0.177. The first kappa shape index (κ1) is 23.4. The molecule has 0 aromatic rings. The number of hydrogen-bond acceptors (Lipinski definition) is 5. The highest BCUT2D eigenvalue weighted by Gasteiger charge is 2.40. The van der Waals surface area contributed by atoms with Crippen molar-refractivity contribution < 1.29 is 19.1 Å². The zero-order valence-corrected chi connectivity index (χ0v) is 17.9. The number of nitrogens with one attached hydrogen (secondary N) is 2. The third-order valence-electron chi connectivity index (χ3n) is 4.76. The standard InChI is InChI=1S/C20H37N3O4/c1-8-9-16(13(2)21-14(3)24)11-23-12-17(22-15(4)25)10-18(23)19(26)27-20(5,6)7/h13,16-18H,8-12H2,1-7H3,(H,21,24)(H,22,25)/t13?,16-,17?,18?/m0/s1. The highest BCUT2D eigenvalue weighted by Crippen LogP contribution is 2.25. The van der Waals surface area contributed by atoms with Crippen molar-refractivity contribution in [3.05, 3.63) is 0 Å². The van der Waals surface area contributed by atoms with Crippen LogP contribution in [0.5, 0.6) is 0 Å². The normalized spacial score (nSPS) is 22.8. The topological polar surface area (TPSA) is 87.7 Å². The maximum Gasteiger partial charge on any atom is 0.323 e. The Bertz CT molecular complexity index is 530. The number of esters is 1. The minimum Gasteiger partial charge on any atom is -0.459 e. The van der Waals surface area contributed by atoms with E-state index in [1.54, 1.807) is 0 Å². The molecule has 4 atom stereocenters. The molecular weight excluding hydrogens is 346 g/mol. The second-order valence-corrected chi connectivity index (χ2v) is 8.67. The molecule has 7 heteroatoms. The first-order valence-electron chi connectivity index (χ1n) is 9.94. The Morgan fingerprint density at radius 3 is 2.30 bits per heavy atom. The summed E-state index contributed by atoms with van der Waals surface area (Å²) in [7, 11) is 0. The van der Waals surface area contributed by atoms with Crippen molar-refractivity contribution in [1.29, 1.82) is 0 Å². The molecule has 0 saturated carbocycles. The fourth-order valence-electron chi connectivity index (χ4n) is 3.72. The summed E-state index contributed by atoms with van der Waals surface area (Å²) in [5, 5.41) is 5.90. The molecule has 7 nitrogen and oxygen atoms in total. The third kappa shape index (κ3) is 8.28. The van der Waals surface area contributed by atoms with Gasteiger partial charge in [0.05, 0.1) is 0 Å². The van der Waals surface area contributed by atoms with Gasteiger partial charge >= 0.3 is 5.97 Å². The van der Waals surface area contributed by atoms with Crippen molar-refractivity contribution in [2.45, 2.75) is 91.5 Å². The minimum absolute atomic E-state index is 0.0153. The maximum absolute atomic E-state index is 12.7. The molecule has 156 valence electrons. The van der Waals surface area contributed by atoms with Gasteiger partial charge < -0.3 is 15.4 Å². The summed E-state index contributed by atoms with van der Waals surface area (Å²) in [5.41, 5.74) is -0.554. The van der Waals surface area contributed by atoms with E-state index in [0.717, 1.165) is 12.8 Å². The van der Waals surface area contributed by atoms with Crippen molar-refractivity contribution in [3.8, 4) is 0 Å². The van der Waals surface area contributed by atoms with Gasteiger partial charge in [0, 0.05) is 39.0 Å². The van der Waals surface area contributed by atoms with E-state index in [4.69, 9.17) is 4.74 Å². The smallest absolute Gasteiger partial charge is 0.323 e. The number of carbonyl (C=O) groups is 3. The fourth-order valence-corrected chi connectivity index (χ4v) is 3.72. The quantitative estimate of drug-likeness (QED) is 0.625. The lowest BCUT2D eigenvalue weighted by Crippen LogP contribution is -2.47. The zero-order valence-electron chi connectivity index (χ0n) is 17.9. The van der Waals surface area contributed by atoms with E-state index in [1.807, 2.05) is 27.7 Å². The number of likely N-dealkylation sites (tertiary alicyclic amines) is 1. The van der Waals surface area contributed by atoms with E-state index in [9.17, 15) is 14.4 Å². The molecule has 27 heavy (non-hydrogen) atoms. The van der Waals surface area contributed by atoms with Crippen LogP contribution in [0, 0.1) is 5.92 Å². The van der Waals surface area contributed by atoms with Crippen LogP contribution in [0.4, 0.5) is 0 Å². The highest BCUT2D eigenvalue weighted by atomic mass is 16.6. The molecule has 0 radical (unpaired) electrons. The Balaban J connectivity index is 2.92. The van der Waals surface area contributed by atoms with Crippen LogP contribution in [0.3, 0.4) is 0 Å². The third-order valence-corrected chi connectivity index (χ3v) is 4.76. The van der Waals surface area contributed by atoms with Crippen molar-refractivity contribution in [3.63, 3.8) is 0 Å². The predicted molar refractivity (Wildman–Crippen MR) is 105 cm³/mol. The van der Waals surface area contributed by atoms with Crippen LogP contribution in [-0.2, 0) is 19.1 Å². The first-order chi connectivity index (χ1) is 12.4. The van der Waals surface area contributed by atoms with E-state index >= 15 is 0 Å². The van der Waals surface area contributed by atoms with Gasteiger partial charge in [-0.2, -0.15) is 0 Å². The number of hydrogen-bond donors (Lipinski definition) is 2. The van der Waals surface area contributed by atoms with Gasteiger partial charge in [0.15, 0.2) is 0 Å². The Hall–Kier alpha value is -1.63. The van der Waals surface area contributed by atoms with Crippen LogP contribution >= 0.6 is 0 Å². The zero-order chi connectivity index (χ0) is 20.8. The van der Waals surface area contributed by atoms with Crippen molar-refractivity contribution in [1.82, 2.24) is 15.5 Å². The van der Waals surface area contributed by atoms with Gasteiger partial charge in [-0.25, -0.2) is 0 Å². The van der Waals surface area contributed by atoms with Crippen LogP contribution in [0.25, 0.3) is 0 Å². The molecule has 1 rings (SSSR count). The molecule has 2 N–H and O–H groups in total. The fraction of sp³-hybridized carbons (Fsp3) is 0.850. The number of ether oxygens (including phenoxy) is 1. The molecule has 0 aromatic carbocycles. The van der Waals surface area contributed by atoms with Gasteiger partial charge in [0.25, 0.3) is 0 Å². The molecule has 1 fully saturated rings. The highest BCUT2D eigenvalue weighted by molar-refractivity contribution is 5.77. The van der Waals surface area contributed by atoms with Crippen molar-refractivity contribution in [2.75, 3.05) is 13.1 Å². The summed E-state index contributed by atoms with van der Waals surface area (Å²) in [6.07, 6.45) is 2.49. The van der Waals surface area contributed by atoms with Crippen LogP contribution in [0.15, 0.2) is 0 Å². The SMILES string of the molecule is CCC[C@@H](CN1CC(NC(C)=O)CC1C(=O)OC(C)(C)C)C(C)NC(C)=O. The Morgan fingerprint density at radius 2 is 1.81 bits per heavy atom. The Morgan fingerprint density at radius 1 is 1.19 bits per heavy atom. The van der Waals surface area contributed by atoms with E-state index in [0.29, 0.717) is 19.5 Å². The van der Waals surface area contributed by atoms with Gasteiger partial charge in [-0.05, 0) is 46.5 Å². The van der Waals surface area contributed by atoms with E-state index in [2.05, 4.69) is 22.5 Å². The second-order valence-electron chi connectivity index (χ2n) is 8.67. The average Bonchev–Trinajstić information content (AvgIpc) is 2.86. The number of rotatable bonds is 8. The lowest BCUT2D eigenvalue weighted by Gasteiger charge is -2.32. The molecule has 3 unspecified atom stereocenters. The Kier molecular flexibility index (Phi) is 8.72. The molecule has 0 aromatic heterocycles. The first-order valence-corrected chi connectivity index (χ1v) is 9.94.